The van der Waals surface area contributed by atoms with Gasteiger partial charge < -0.3 is 14.7 Å². The summed E-state index contributed by atoms with van der Waals surface area (Å²) < 4.78 is 7.61. The highest BCUT2D eigenvalue weighted by Gasteiger charge is 2.48. The number of pyridine rings is 1. The quantitative estimate of drug-likeness (QED) is 0.519. The second-order valence-corrected chi connectivity index (χ2v) is 11.8. The number of carbonyl (C=O) groups is 1. The SMILES string of the molecule is O=C1c2c(O)c(=O)ccn2N([C@@H]2c3ccccc3SC3(CCCCC3)c3ccccc32)[C@@H]2COCCN12. The first-order valence-electron chi connectivity index (χ1n) is 13.1. The van der Waals surface area contributed by atoms with Crippen molar-refractivity contribution in [2.75, 3.05) is 24.8 Å². The molecule has 1 aromatic heterocycles. The third kappa shape index (κ3) is 3.38. The summed E-state index contributed by atoms with van der Waals surface area (Å²) in [5.41, 5.74) is 3.17. The zero-order valence-corrected chi connectivity index (χ0v) is 21.3. The Labute approximate surface area is 219 Å². The number of fused-ring (bicyclic) bond motifs is 5. The molecule has 4 heterocycles. The third-order valence-electron chi connectivity index (χ3n) is 8.37. The van der Waals surface area contributed by atoms with Gasteiger partial charge in [0.25, 0.3) is 5.91 Å². The summed E-state index contributed by atoms with van der Waals surface area (Å²) in [6.07, 6.45) is 7.16. The van der Waals surface area contributed by atoms with Crippen molar-refractivity contribution in [2.24, 2.45) is 0 Å². The number of thioether (sulfide) groups is 1. The fourth-order valence-corrected chi connectivity index (χ4v) is 8.35. The van der Waals surface area contributed by atoms with E-state index in [-0.39, 0.29) is 28.6 Å². The van der Waals surface area contributed by atoms with Gasteiger partial charge in [0.15, 0.2) is 11.4 Å². The van der Waals surface area contributed by atoms with E-state index in [1.165, 1.54) is 41.4 Å². The van der Waals surface area contributed by atoms with Crippen LogP contribution in [0.25, 0.3) is 0 Å². The molecule has 1 saturated carbocycles. The molecule has 7 rings (SSSR count). The normalized spacial score (nSPS) is 24.1. The number of hydrogen-bond acceptors (Lipinski definition) is 6. The third-order valence-corrected chi connectivity index (χ3v) is 9.98. The molecule has 0 unspecified atom stereocenters. The van der Waals surface area contributed by atoms with Crippen molar-refractivity contribution in [3.05, 3.63) is 93.4 Å². The van der Waals surface area contributed by atoms with E-state index in [9.17, 15) is 14.7 Å². The molecule has 2 fully saturated rings. The molecule has 0 bridgehead atoms. The second-order valence-electron chi connectivity index (χ2n) is 10.3. The lowest BCUT2D eigenvalue weighted by Gasteiger charge is -2.51. The molecule has 2 atom stereocenters. The van der Waals surface area contributed by atoms with Gasteiger partial charge in [-0.1, -0.05) is 61.7 Å². The molecule has 7 nitrogen and oxygen atoms in total. The lowest BCUT2D eigenvalue weighted by Crippen LogP contribution is -2.66. The van der Waals surface area contributed by atoms with E-state index in [0.717, 1.165) is 18.4 Å². The van der Waals surface area contributed by atoms with Crippen molar-refractivity contribution < 1.29 is 14.6 Å². The van der Waals surface area contributed by atoms with Crippen molar-refractivity contribution in [1.29, 1.82) is 0 Å². The number of hydrogen-bond donors (Lipinski definition) is 1. The van der Waals surface area contributed by atoms with Crippen molar-refractivity contribution in [1.82, 2.24) is 9.58 Å². The van der Waals surface area contributed by atoms with Crippen molar-refractivity contribution in [3.8, 4) is 5.75 Å². The van der Waals surface area contributed by atoms with Gasteiger partial charge in [0.05, 0.1) is 19.3 Å². The first kappa shape index (κ1) is 22.9. The maximum Gasteiger partial charge on any atom is 0.278 e. The van der Waals surface area contributed by atoms with Crippen LogP contribution in [-0.4, -0.2) is 46.5 Å². The van der Waals surface area contributed by atoms with Crippen LogP contribution in [0.1, 0.15) is 65.3 Å². The van der Waals surface area contributed by atoms with Crippen LogP contribution in [0.15, 0.2) is 70.5 Å². The van der Waals surface area contributed by atoms with Gasteiger partial charge in [-0.2, -0.15) is 0 Å². The van der Waals surface area contributed by atoms with Crippen molar-refractivity contribution in [3.63, 3.8) is 0 Å². The van der Waals surface area contributed by atoms with Crippen LogP contribution in [0.2, 0.25) is 0 Å². The highest BCUT2D eigenvalue weighted by molar-refractivity contribution is 8.00. The molecule has 190 valence electrons. The molecule has 1 spiro atoms. The fourth-order valence-electron chi connectivity index (χ4n) is 6.69. The van der Waals surface area contributed by atoms with Gasteiger partial charge >= 0.3 is 0 Å². The van der Waals surface area contributed by atoms with Gasteiger partial charge in [-0.15, -0.1) is 11.8 Å². The first-order chi connectivity index (χ1) is 18.1. The summed E-state index contributed by atoms with van der Waals surface area (Å²) in [7, 11) is 0. The van der Waals surface area contributed by atoms with Crippen molar-refractivity contribution in [2.45, 2.75) is 54.0 Å². The average molecular weight is 516 g/mol. The topological polar surface area (TPSA) is 75.0 Å². The molecule has 8 heteroatoms. The number of aromatic hydroxyl groups is 1. The average Bonchev–Trinajstić information content (AvgIpc) is 3.04. The molecule has 37 heavy (non-hydrogen) atoms. The predicted molar refractivity (Wildman–Crippen MR) is 142 cm³/mol. The largest absolute Gasteiger partial charge is 0.502 e. The van der Waals surface area contributed by atoms with Crippen LogP contribution in [-0.2, 0) is 9.48 Å². The Morgan fingerprint density at radius 2 is 1.70 bits per heavy atom. The second kappa shape index (κ2) is 8.67. The standard InChI is InChI=1S/C29H29N3O4S/c33-22-12-15-31-26(27(22)34)28(35)30-16-17-36-18-24(30)32(31)25-19-8-2-4-10-21(19)29(13-6-1-7-14-29)37-23-11-5-3-9-20(23)25/h2-5,8-12,15,24-25,34H,1,6-7,13-14,16-18H2/t24-,25+/m1/s1. The molecule has 4 aliphatic rings. The maximum absolute atomic E-state index is 13.6. The molecular weight excluding hydrogens is 486 g/mol. The van der Waals surface area contributed by atoms with Crippen molar-refractivity contribution >= 4 is 17.7 Å². The van der Waals surface area contributed by atoms with Crippen LogP contribution in [0.5, 0.6) is 5.75 Å². The van der Waals surface area contributed by atoms with E-state index in [1.807, 2.05) is 11.8 Å². The van der Waals surface area contributed by atoms with E-state index in [4.69, 9.17) is 4.74 Å². The lowest BCUT2D eigenvalue weighted by molar-refractivity contribution is -0.0197. The summed E-state index contributed by atoms with van der Waals surface area (Å²) >= 11 is 1.98. The number of ether oxygens (including phenoxy) is 1. The minimum Gasteiger partial charge on any atom is -0.502 e. The summed E-state index contributed by atoms with van der Waals surface area (Å²) in [5, 5.41) is 13.0. The lowest BCUT2D eigenvalue weighted by atomic mass is 9.79. The molecule has 0 radical (unpaired) electrons. The number of morpholine rings is 1. The van der Waals surface area contributed by atoms with Gasteiger partial charge in [-0.25, -0.2) is 0 Å². The molecule has 3 aliphatic heterocycles. The predicted octanol–water partition coefficient (Wildman–Crippen LogP) is 4.36. The number of amides is 1. The Morgan fingerprint density at radius 1 is 0.946 bits per heavy atom. The van der Waals surface area contributed by atoms with Gasteiger partial charge in [-0.3, -0.25) is 19.3 Å². The van der Waals surface area contributed by atoms with E-state index in [0.29, 0.717) is 19.8 Å². The van der Waals surface area contributed by atoms with Gasteiger partial charge in [0.1, 0.15) is 6.17 Å². The monoisotopic (exact) mass is 515 g/mol. The highest BCUT2D eigenvalue weighted by Crippen LogP contribution is 2.57. The number of carbonyl (C=O) groups excluding carboxylic acids is 1. The van der Waals surface area contributed by atoms with Gasteiger partial charge in [0.2, 0.25) is 5.43 Å². The minimum atomic E-state index is -0.551. The van der Waals surface area contributed by atoms with Gasteiger partial charge in [-0.05, 0) is 35.6 Å². The molecule has 2 aromatic carbocycles. The Morgan fingerprint density at radius 3 is 2.54 bits per heavy atom. The highest BCUT2D eigenvalue weighted by atomic mass is 32.2. The Kier molecular flexibility index (Phi) is 5.37. The number of rotatable bonds is 1. The van der Waals surface area contributed by atoms with E-state index in [1.54, 1.807) is 15.8 Å². The zero-order valence-electron chi connectivity index (χ0n) is 20.5. The summed E-state index contributed by atoms with van der Waals surface area (Å²) in [4.78, 5) is 29.0. The number of nitrogens with zero attached hydrogens (tertiary/aromatic N) is 3. The number of benzene rings is 2. The molecule has 1 saturated heterocycles. The summed E-state index contributed by atoms with van der Waals surface area (Å²) in [5.74, 6) is -0.844. The zero-order chi connectivity index (χ0) is 25.1. The molecule has 1 N–H and O–H groups in total. The van der Waals surface area contributed by atoms with Crippen LogP contribution in [0.3, 0.4) is 0 Å². The van der Waals surface area contributed by atoms with Crippen LogP contribution in [0, 0.1) is 0 Å². The van der Waals surface area contributed by atoms with Crippen LogP contribution < -0.4 is 10.4 Å². The molecular formula is C29H29N3O4S. The van der Waals surface area contributed by atoms with E-state index < -0.39 is 11.2 Å². The summed E-state index contributed by atoms with van der Waals surface area (Å²) in [6.45, 7) is 1.17. The van der Waals surface area contributed by atoms with Crippen LogP contribution >= 0.6 is 11.8 Å². The fraction of sp³-hybridized carbons (Fsp3) is 0.379. The number of aromatic nitrogens is 1. The van der Waals surface area contributed by atoms with Crippen LogP contribution in [0.4, 0.5) is 0 Å². The summed E-state index contributed by atoms with van der Waals surface area (Å²) in [6, 6.07) is 18.4. The molecule has 1 aliphatic carbocycles. The Bertz CT molecular complexity index is 1450. The Balaban J connectivity index is 1.52. The molecule has 3 aromatic rings. The Hall–Kier alpha value is -3.23. The smallest absolute Gasteiger partial charge is 0.278 e. The first-order valence-corrected chi connectivity index (χ1v) is 13.9. The maximum atomic E-state index is 13.6. The van der Waals surface area contributed by atoms with Gasteiger partial charge in [0, 0.05) is 28.5 Å². The van der Waals surface area contributed by atoms with E-state index >= 15 is 0 Å². The molecule has 1 amide bonds. The van der Waals surface area contributed by atoms with E-state index in [2.05, 4.69) is 53.5 Å². The minimum absolute atomic E-state index is 0.0113.